The normalized spacial score (nSPS) is 12.2. The number of ether oxygens (including phenoxy) is 1. The Kier molecular flexibility index (Phi) is 5.42. The van der Waals surface area contributed by atoms with Gasteiger partial charge in [-0.1, -0.05) is 36.0 Å². The van der Waals surface area contributed by atoms with Gasteiger partial charge in [0.15, 0.2) is 5.78 Å². The second kappa shape index (κ2) is 8.13. The van der Waals surface area contributed by atoms with Crippen molar-refractivity contribution in [1.29, 1.82) is 0 Å². The molecule has 4 rings (SSSR count). The molecule has 1 heterocycles. The Hall–Kier alpha value is -2.69. The van der Waals surface area contributed by atoms with E-state index in [1.807, 2.05) is 54.6 Å². The minimum absolute atomic E-state index is 0.0447. The molecule has 0 aromatic heterocycles. The van der Waals surface area contributed by atoms with Crippen LogP contribution >= 0.6 is 23.4 Å². The van der Waals surface area contributed by atoms with Crippen molar-refractivity contribution in [2.24, 2.45) is 0 Å². The number of ketones is 1. The standard InChI is InChI=1S/C23H18ClNO2S/c1-27-21-10-7-15(12-17(21)14-24)6-9-20(26)16-8-11-23-19(13-16)25-18-4-2-3-5-22(18)28-23/h2-13,25H,14H2,1H3/b9-6+. The summed E-state index contributed by atoms with van der Waals surface area (Å²) in [5, 5.41) is 3.41. The van der Waals surface area contributed by atoms with Gasteiger partial charge in [0.05, 0.1) is 24.4 Å². The number of anilines is 2. The number of para-hydroxylation sites is 1. The van der Waals surface area contributed by atoms with Crippen LogP contribution < -0.4 is 10.1 Å². The van der Waals surface area contributed by atoms with Crippen LogP contribution in [0.5, 0.6) is 5.75 Å². The summed E-state index contributed by atoms with van der Waals surface area (Å²) < 4.78 is 5.28. The zero-order valence-corrected chi connectivity index (χ0v) is 16.8. The van der Waals surface area contributed by atoms with Crippen LogP contribution in [0.3, 0.4) is 0 Å². The largest absolute Gasteiger partial charge is 0.496 e. The molecule has 3 nitrogen and oxygen atoms in total. The van der Waals surface area contributed by atoms with Gasteiger partial charge in [-0.25, -0.2) is 0 Å². The molecule has 140 valence electrons. The Balaban J connectivity index is 1.54. The van der Waals surface area contributed by atoms with Crippen LogP contribution in [0, 0.1) is 0 Å². The molecule has 5 heteroatoms. The lowest BCUT2D eigenvalue weighted by atomic mass is 10.1. The number of benzene rings is 3. The van der Waals surface area contributed by atoms with Crippen molar-refractivity contribution in [3.05, 3.63) is 83.4 Å². The van der Waals surface area contributed by atoms with Gasteiger partial charge in [0.25, 0.3) is 0 Å². The third kappa shape index (κ3) is 3.79. The monoisotopic (exact) mass is 407 g/mol. The number of fused-ring (bicyclic) bond motifs is 2. The summed E-state index contributed by atoms with van der Waals surface area (Å²) in [6.45, 7) is 0. The highest BCUT2D eigenvalue weighted by Crippen LogP contribution is 2.44. The van der Waals surface area contributed by atoms with Crippen LogP contribution in [0.1, 0.15) is 21.5 Å². The Morgan fingerprint density at radius 1 is 1.07 bits per heavy atom. The van der Waals surface area contributed by atoms with Gasteiger partial charge in [0.2, 0.25) is 0 Å². The first kappa shape index (κ1) is 18.7. The van der Waals surface area contributed by atoms with E-state index in [1.165, 1.54) is 4.90 Å². The predicted molar refractivity (Wildman–Crippen MR) is 116 cm³/mol. The minimum atomic E-state index is -0.0447. The van der Waals surface area contributed by atoms with Crippen LogP contribution in [0.4, 0.5) is 11.4 Å². The molecule has 0 fully saturated rings. The van der Waals surface area contributed by atoms with E-state index in [9.17, 15) is 4.79 Å². The molecule has 0 bridgehead atoms. The number of nitrogens with one attached hydrogen (secondary N) is 1. The number of rotatable bonds is 5. The van der Waals surface area contributed by atoms with Crippen molar-refractivity contribution in [3.8, 4) is 5.75 Å². The molecule has 0 aliphatic carbocycles. The first-order valence-electron chi connectivity index (χ1n) is 8.81. The molecule has 0 radical (unpaired) electrons. The molecule has 0 spiro atoms. The highest BCUT2D eigenvalue weighted by Gasteiger charge is 2.16. The van der Waals surface area contributed by atoms with Gasteiger partial charge in [0, 0.05) is 20.9 Å². The number of hydrogen-bond donors (Lipinski definition) is 1. The van der Waals surface area contributed by atoms with Gasteiger partial charge in [-0.3, -0.25) is 4.79 Å². The molecule has 1 aliphatic rings. The highest BCUT2D eigenvalue weighted by molar-refractivity contribution is 7.99. The van der Waals surface area contributed by atoms with Crippen molar-refractivity contribution in [3.63, 3.8) is 0 Å². The molecule has 1 N–H and O–H groups in total. The zero-order valence-electron chi connectivity index (χ0n) is 15.2. The fourth-order valence-electron chi connectivity index (χ4n) is 3.07. The van der Waals surface area contributed by atoms with E-state index in [1.54, 1.807) is 31.0 Å². The average molecular weight is 408 g/mol. The Labute approximate surface area is 173 Å². The number of carbonyl (C=O) groups is 1. The molecule has 28 heavy (non-hydrogen) atoms. The summed E-state index contributed by atoms with van der Waals surface area (Å²) in [7, 11) is 1.62. The summed E-state index contributed by atoms with van der Waals surface area (Å²) in [5.41, 5.74) is 4.47. The third-order valence-corrected chi connectivity index (χ3v) is 5.96. The first-order chi connectivity index (χ1) is 13.7. The van der Waals surface area contributed by atoms with Gasteiger partial charge >= 0.3 is 0 Å². The van der Waals surface area contributed by atoms with Crippen LogP contribution in [0.2, 0.25) is 0 Å². The zero-order chi connectivity index (χ0) is 19.5. The quantitative estimate of drug-likeness (QED) is 0.231. The molecule has 0 saturated heterocycles. The third-order valence-electron chi connectivity index (χ3n) is 4.52. The number of methoxy groups -OCH3 is 1. The summed E-state index contributed by atoms with van der Waals surface area (Å²) in [6.07, 6.45) is 3.39. The molecular formula is C23H18ClNO2S. The maximum Gasteiger partial charge on any atom is 0.185 e. The topological polar surface area (TPSA) is 38.3 Å². The number of allylic oxidation sites excluding steroid dienone is 1. The smallest absolute Gasteiger partial charge is 0.185 e. The Bertz CT molecular complexity index is 1080. The molecular weight excluding hydrogens is 390 g/mol. The van der Waals surface area contributed by atoms with Gasteiger partial charge in [-0.2, -0.15) is 0 Å². The van der Waals surface area contributed by atoms with E-state index in [-0.39, 0.29) is 5.78 Å². The van der Waals surface area contributed by atoms with Crippen molar-refractivity contribution in [2.45, 2.75) is 15.7 Å². The molecule has 0 amide bonds. The fraction of sp³-hybridized carbons (Fsp3) is 0.0870. The molecule has 1 aliphatic heterocycles. The van der Waals surface area contributed by atoms with Crippen molar-refractivity contribution in [2.75, 3.05) is 12.4 Å². The second-order valence-electron chi connectivity index (χ2n) is 6.34. The number of carbonyl (C=O) groups excluding carboxylic acids is 1. The van der Waals surface area contributed by atoms with Crippen LogP contribution in [-0.2, 0) is 5.88 Å². The second-order valence-corrected chi connectivity index (χ2v) is 7.69. The van der Waals surface area contributed by atoms with Crippen molar-refractivity contribution < 1.29 is 9.53 Å². The lowest BCUT2D eigenvalue weighted by Crippen LogP contribution is -2.02. The van der Waals surface area contributed by atoms with E-state index in [0.717, 1.165) is 33.1 Å². The van der Waals surface area contributed by atoms with Gasteiger partial charge in [-0.15, -0.1) is 11.6 Å². The van der Waals surface area contributed by atoms with Gasteiger partial charge in [-0.05, 0) is 54.1 Å². The summed E-state index contributed by atoms with van der Waals surface area (Å²) in [4.78, 5) is 15.0. The van der Waals surface area contributed by atoms with E-state index in [2.05, 4.69) is 11.4 Å². The predicted octanol–water partition coefficient (Wildman–Crippen LogP) is 6.54. The molecule has 0 atom stereocenters. The Morgan fingerprint density at radius 2 is 1.89 bits per heavy atom. The van der Waals surface area contributed by atoms with E-state index >= 15 is 0 Å². The van der Waals surface area contributed by atoms with Gasteiger partial charge in [0.1, 0.15) is 5.75 Å². The number of hydrogen-bond acceptors (Lipinski definition) is 4. The molecule has 0 saturated carbocycles. The fourth-order valence-corrected chi connectivity index (χ4v) is 4.24. The summed E-state index contributed by atoms with van der Waals surface area (Å²) in [5.74, 6) is 1.06. The lowest BCUT2D eigenvalue weighted by molar-refractivity contribution is 0.104. The summed E-state index contributed by atoms with van der Waals surface area (Å²) in [6, 6.07) is 19.6. The average Bonchev–Trinajstić information content (AvgIpc) is 2.75. The Morgan fingerprint density at radius 3 is 2.71 bits per heavy atom. The van der Waals surface area contributed by atoms with Crippen molar-refractivity contribution >= 4 is 46.6 Å². The first-order valence-corrected chi connectivity index (χ1v) is 10.2. The maximum atomic E-state index is 12.7. The molecule has 3 aromatic rings. The summed E-state index contributed by atoms with van der Waals surface area (Å²) >= 11 is 7.67. The van der Waals surface area contributed by atoms with Crippen molar-refractivity contribution in [1.82, 2.24) is 0 Å². The SMILES string of the molecule is COc1ccc(/C=C/C(=O)c2ccc3c(c2)Nc2ccccc2S3)cc1CCl. The van der Waals surface area contributed by atoms with Crippen LogP contribution in [0.25, 0.3) is 6.08 Å². The lowest BCUT2D eigenvalue weighted by Gasteiger charge is -2.20. The minimum Gasteiger partial charge on any atom is -0.496 e. The van der Waals surface area contributed by atoms with E-state index < -0.39 is 0 Å². The van der Waals surface area contributed by atoms with Crippen LogP contribution in [0.15, 0.2) is 76.5 Å². The maximum absolute atomic E-state index is 12.7. The number of alkyl halides is 1. The van der Waals surface area contributed by atoms with Crippen LogP contribution in [-0.4, -0.2) is 12.9 Å². The van der Waals surface area contributed by atoms with E-state index in [4.69, 9.17) is 16.3 Å². The molecule has 3 aromatic carbocycles. The molecule has 0 unspecified atom stereocenters. The van der Waals surface area contributed by atoms with E-state index in [0.29, 0.717) is 11.4 Å². The van der Waals surface area contributed by atoms with Gasteiger partial charge < -0.3 is 10.1 Å². The highest BCUT2D eigenvalue weighted by atomic mass is 35.5. The number of halogens is 1.